The summed E-state index contributed by atoms with van der Waals surface area (Å²) in [6.07, 6.45) is -1.27. The van der Waals surface area contributed by atoms with Gasteiger partial charge in [0.05, 0.1) is 24.9 Å². The van der Waals surface area contributed by atoms with Crippen LogP contribution in [0.2, 0.25) is 0 Å². The number of benzene rings is 2. The van der Waals surface area contributed by atoms with Crippen LogP contribution in [0.1, 0.15) is 59.1 Å². The van der Waals surface area contributed by atoms with Gasteiger partial charge in [-0.3, -0.25) is 24.0 Å². The highest BCUT2D eigenvalue weighted by Crippen LogP contribution is 2.36. The number of amides is 4. The Kier molecular flexibility index (Phi) is 16.8. The summed E-state index contributed by atoms with van der Waals surface area (Å²) >= 11 is 0. The fraction of sp³-hybridized carbons (Fsp3) is 0.475. The van der Waals surface area contributed by atoms with Gasteiger partial charge in [0, 0.05) is 24.8 Å². The van der Waals surface area contributed by atoms with Gasteiger partial charge in [-0.25, -0.2) is 14.2 Å². The Morgan fingerprint density at radius 2 is 1.42 bits per heavy atom. The molecule has 0 bridgehead atoms. The molecule has 17 heteroatoms. The van der Waals surface area contributed by atoms with E-state index in [0.29, 0.717) is 0 Å². The van der Waals surface area contributed by atoms with Gasteiger partial charge in [-0.2, -0.15) is 0 Å². The molecule has 1 aromatic heterocycles. The molecule has 312 valence electrons. The summed E-state index contributed by atoms with van der Waals surface area (Å²) in [7, 11) is -2.53. The summed E-state index contributed by atoms with van der Waals surface area (Å²) in [4.78, 5) is 77.1. The zero-order valence-corrected chi connectivity index (χ0v) is 34.6. The Bertz CT molecular complexity index is 1810. The maximum atomic E-state index is 14.2. The molecule has 1 heterocycles. The van der Waals surface area contributed by atoms with Crippen LogP contribution in [0.15, 0.2) is 79.0 Å². The van der Waals surface area contributed by atoms with Crippen LogP contribution in [0.25, 0.3) is 11.3 Å². The minimum atomic E-state index is -5.02. The number of pyridine rings is 1. The quantitative estimate of drug-likeness (QED) is 0.0725. The number of likely N-dealkylation sites (N-methyl/N-ethyl adjacent to an activating group) is 1. The third kappa shape index (κ3) is 15.2. The van der Waals surface area contributed by atoms with Crippen molar-refractivity contribution in [2.45, 2.75) is 91.1 Å². The lowest BCUT2D eigenvalue weighted by Gasteiger charge is -2.38. The van der Waals surface area contributed by atoms with Gasteiger partial charge in [-0.15, -0.1) is 0 Å². The van der Waals surface area contributed by atoms with E-state index in [-0.39, 0.29) is 19.3 Å². The molecular weight excluding hydrogens is 757 g/mol. The smallest absolute Gasteiger partial charge is 0.465 e. The number of carbonyl (C=O) groups excluding carboxylic acids is 3. The first-order valence-electron chi connectivity index (χ1n) is 18.4. The van der Waals surface area contributed by atoms with Gasteiger partial charge in [0.15, 0.2) is 6.79 Å². The summed E-state index contributed by atoms with van der Waals surface area (Å²) in [5.41, 5.74) is 1.48. The molecule has 3 aromatic rings. The first-order valence-corrected chi connectivity index (χ1v) is 19.9. The van der Waals surface area contributed by atoms with Gasteiger partial charge in [-0.05, 0) is 53.4 Å². The van der Waals surface area contributed by atoms with Crippen LogP contribution >= 0.6 is 7.82 Å². The zero-order valence-electron chi connectivity index (χ0n) is 33.7. The second-order valence-electron chi connectivity index (χ2n) is 15.9. The van der Waals surface area contributed by atoms with Crippen molar-refractivity contribution >= 4 is 31.8 Å². The van der Waals surface area contributed by atoms with Crippen molar-refractivity contribution in [2.24, 2.45) is 10.8 Å². The number of carbonyl (C=O) groups is 4. The molecule has 0 aliphatic heterocycles. The van der Waals surface area contributed by atoms with Gasteiger partial charge in [-0.1, -0.05) is 102 Å². The van der Waals surface area contributed by atoms with Crippen LogP contribution in [-0.2, 0) is 41.0 Å². The number of nitrogens with zero attached hydrogens (tertiary/aromatic N) is 2. The highest BCUT2D eigenvalue weighted by molar-refractivity contribution is 7.46. The maximum Gasteiger partial charge on any atom is 0.471 e. The van der Waals surface area contributed by atoms with Gasteiger partial charge in [0.1, 0.15) is 12.1 Å². The van der Waals surface area contributed by atoms with Gasteiger partial charge >= 0.3 is 20.0 Å². The fourth-order valence-corrected chi connectivity index (χ4v) is 6.64. The molecular formula is C40H56N5O11P. The molecule has 0 saturated carbocycles. The minimum Gasteiger partial charge on any atom is -0.465 e. The Morgan fingerprint density at radius 3 is 1.95 bits per heavy atom. The van der Waals surface area contributed by atoms with Crippen molar-refractivity contribution in [1.82, 2.24) is 25.8 Å². The van der Waals surface area contributed by atoms with Gasteiger partial charge in [0.25, 0.3) is 0 Å². The molecule has 0 aliphatic carbocycles. The Balaban J connectivity index is 2.14. The van der Waals surface area contributed by atoms with Gasteiger partial charge < -0.3 is 40.3 Å². The van der Waals surface area contributed by atoms with E-state index in [1.807, 2.05) is 66.7 Å². The minimum absolute atomic E-state index is 0.0494. The second kappa shape index (κ2) is 20.5. The van der Waals surface area contributed by atoms with Crippen LogP contribution in [0.4, 0.5) is 9.59 Å². The molecule has 6 N–H and O–H groups in total. The lowest BCUT2D eigenvalue weighted by Crippen LogP contribution is -2.59. The zero-order chi connectivity index (χ0) is 42.6. The highest BCUT2D eigenvalue weighted by Gasteiger charge is 2.40. The van der Waals surface area contributed by atoms with Crippen molar-refractivity contribution in [3.8, 4) is 11.3 Å². The van der Waals surface area contributed by atoms with Crippen LogP contribution in [0, 0.1) is 10.8 Å². The van der Waals surface area contributed by atoms with Crippen LogP contribution < -0.4 is 16.0 Å². The average molecular weight is 814 g/mol. The predicted molar refractivity (Wildman–Crippen MR) is 213 cm³/mol. The lowest BCUT2D eigenvalue weighted by atomic mass is 9.84. The Hall–Kier alpha value is -4.86. The number of nitrogens with one attached hydrogen (secondary N) is 3. The summed E-state index contributed by atoms with van der Waals surface area (Å²) in [6, 6.07) is 18.2. The van der Waals surface area contributed by atoms with Gasteiger partial charge in [0.2, 0.25) is 11.8 Å². The van der Waals surface area contributed by atoms with E-state index >= 15 is 0 Å². The number of hydrogen-bond donors (Lipinski definition) is 6. The third-order valence-corrected chi connectivity index (χ3v) is 9.61. The topological polar surface area (TPSA) is 226 Å². The van der Waals surface area contributed by atoms with Crippen molar-refractivity contribution < 1.29 is 52.6 Å². The fourth-order valence-electron chi connectivity index (χ4n) is 6.44. The first-order chi connectivity index (χ1) is 26.6. The van der Waals surface area contributed by atoms with E-state index in [2.05, 4.69) is 20.9 Å². The summed E-state index contributed by atoms with van der Waals surface area (Å²) in [5, 5.41) is 18.5. The van der Waals surface area contributed by atoms with E-state index in [1.54, 1.807) is 53.8 Å². The molecule has 0 saturated heterocycles. The number of ether oxygens (including phenoxy) is 2. The number of aromatic nitrogens is 1. The highest BCUT2D eigenvalue weighted by atomic mass is 31.2. The van der Waals surface area contributed by atoms with E-state index < -0.39 is 79.7 Å². The average Bonchev–Trinajstić information content (AvgIpc) is 3.12. The molecule has 16 nitrogen and oxygen atoms in total. The van der Waals surface area contributed by atoms with Crippen LogP contribution in [0.5, 0.6) is 0 Å². The Morgan fingerprint density at radius 1 is 0.807 bits per heavy atom. The first kappa shape index (κ1) is 46.5. The molecule has 0 aliphatic rings. The molecule has 0 radical (unpaired) electrons. The van der Waals surface area contributed by atoms with Crippen molar-refractivity contribution in [3.05, 3.63) is 90.1 Å². The molecule has 0 fully saturated rings. The third-order valence-electron chi connectivity index (χ3n) is 9.17. The molecule has 57 heavy (non-hydrogen) atoms. The van der Waals surface area contributed by atoms with E-state index in [1.165, 1.54) is 14.2 Å². The second-order valence-corrected chi connectivity index (χ2v) is 17.1. The number of methoxy groups -OCH3 is 1. The number of alkyl carbamates (subject to hydrolysis) is 1. The van der Waals surface area contributed by atoms with E-state index in [0.717, 1.165) is 27.3 Å². The number of phosphoric acid groups is 1. The number of hydrogen-bond acceptors (Lipinski definition) is 9. The summed E-state index contributed by atoms with van der Waals surface area (Å²) in [6.45, 7) is 9.60. The molecule has 2 aromatic carbocycles. The lowest BCUT2D eigenvalue weighted by molar-refractivity contribution is -0.133. The van der Waals surface area contributed by atoms with Crippen molar-refractivity contribution in [1.29, 1.82) is 0 Å². The van der Waals surface area contributed by atoms with Crippen molar-refractivity contribution in [2.75, 3.05) is 21.0 Å². The van der Waals surface area contributed by atoms with E-state index in [9.17, 15) is 38.6 Å². The summed E-state index contributed by atoms with van der Waals surface area (Å²) < 4.78 is 27.3. The van der Waals surface area contributed by atoms with Crippen LogP contribution in [0.3, 0.4) is 0 Å². The Labute approximate surface area is 333 Å². The van der Waals surface area contributed by atoms with E-state index in [4.69, 9.17) is 14.0 Å². The maximum absolute atomic E-state index is 14.2. The molecule has 0 spiro atoms. The monoisotopic (exact) mass is 813 g/mol. The molecule has 3 rings (SSSR count). The SMILES string of the molecule is COC(=O)N[C@H](C(=O)N[C@@H](Cc1ccccc1)C[C@H](OCOP(=O)(O)O)[C@H](Cc1ccc(-c2ccccn2)cc1)NC(=O)[C@@H](N(C)C(=O)O)C(C)(C)C)C(C)(C)C. The molecule has 0 unspecified atom stereocenters. The van der Waals surface area contributed by atoms with Crippen LogP contribution in [-0.4, -0.2) is 100.0 Å². The number of carboxylic acid groups (broad SMARTS) is 1. The predicted octanol–water partition coefficient (Wildman–Crippen LogP) is 5.14. The molecule has 4 amide bonds. The standard InChI is InChI=1S/C40H56N5O11P/c1-39(2,3)33(44-37(48)54-8)35(46)42-29(22-26-14-10-9-11-15-26)24-32(55-25-56-57(51,52)53)31(43-36(47)34(40(4,5)6)45(7)38(49)50)23-27-17-19-28(20-18-27)30-16-12-13-21-41-30/h9-21,29,31-34H,22-25H2,1-8H3,(H,42,46)(H,43,47)(H,44,48)(H,49,50)(H2,51,52,53)/t29-,31-,32-,33+,34+/m0/s1. The number of phosphoric ester groups is 1. The largest absolute Gasteiger partial charge is 0.471 e. The van der Waals surface area contributed by atoms with Crippen molar-refractivity contribution in [3.63, 3.8) is 0 Å². The number of rotatable bonds is 18. The normalized spacial score (nSPS) is 14.6. The summed E-state index contributed by atoms with van der Waals surface area (Å²) in [5.74, 6) is -1.19. The molecule has 5 atom stereocenters.